The number of aromatic nitrogens is 1. The number of aryl methyl sites for hydroxylation is 1. The highest BCUT2D eigenvalue weighted by molar-refractivity contribution is 7.12. The van der Waals surface area contributed by atoms with Gasteiger partial charge in [0.1, 0.15) is 0 Å². The topological polar surface area (TPSA) is 59.4 Å². The Bertz CT molecular complexity index is 371. The first kappa shape index (κ1) is 11.9. The van der Waals surface area contributed by atoms with Gasteiger partial charge in [-0.1, -0.05) is 0 Å². The van der Waals surface area contributed by atoms with Crippen LogP contribution in [0.1, 0.15) is 15.6 Å². The molecular formula is C10H13NO3S. The van der Waals surface area contributed by atoms with Gasteiger partial charge in [0.15, 0.2) is 0 Å². The summed E-state index contributed by atoms with van der Waals surface area (Å²) in [5.74, 6) is -0.943. The number of nitrogens with zero attached hydrogens (tertiary/aromatic N) is 1. The number of thiazole rings is 1. The Kier molecular flexibility index (Phi) is 4.45. The van der Waals surface area contributed by atoms with E-state index in [0.29, 0.717) is 6.61 Å². The fraction of sp³-hybridized carbons (Fsp3) is 0.400. The van der Waals surface area contributed by atoms with Crippen LogP contribution in [0, 0.1) is 6.92 Å². The van der Waals surface area contributed by atoms with Crippen LogP contribution in [-0.2, 0) is 16.0 Å². The highest BCUT2D eigenvalue weighted by Crippen LogP contribution is 2.19. The van der Waals surface area contributed by atoms with Crippen molar-refractivity contribution >= 4 is 23.4 Å². The van der Waals surface area contributed by atoms with E-state index < -0.39 is 5.97 Å². The summed E-state index contributed by atoms with van der Waals surface area (Å²) in [7, 11) is 1.64. The zero-order valence-electron chi connectivity index (χ0n) is 8.69. The van der Waals surface area contributed by atoms with E-state index in [4.69, 9.17) is 9.84 Å². The van der Waals surface area contributed by atoms with Crippen molar-refractivity contribution in [3.63, 3.8) is 0 Å². The summed E-state index contributed by atoms with van der Waals surface area (Å²) in [5.41, 5.74) is 0.864. The lowest BCUT2D eigenvalue weighted by molar-refractivity contribution is -0.131. The third kappa shape index (κ3) is 3.81. The summed E-state index contributed by atoms with van der Waals surface area (Å²) in [4.78, 5) is 15.6. The van der Waals surface area contributed by atoms with Gasteiger partial charge in [-0.05, 0) is 13.0 Å². The molecule has 82 valence electrons. The molecule has 0 aliphatic rings. The predicted molar refractivity (Wildman–Crippen MR) is 59.1 cm³/mol. The van der Waals surface area contributed by atoms with Gasteiger partial charge in [0, 0.05) is 19.6 Å². The molecule has 0 aromatic carbocycles. The predicted octanol–water partition coefficient (Wildman–Crippen LogP) is 1.74. The minimum atomic E-state index is -0.943. The van der Waals surface area contributed by atoms with E-state index in [-0.39, 0.29) is 0 Å². The van der Waals surface area contributed by atoms with E-state index in [1.807, 2.05) is 6.92 Å². The third-order valence-corrected chi connectivity index (χ3v) is 2.96. The lowest BCUT2D eigenvalue weighted by atomic mass is 10.3. The second kappa shape index (κ2) is 5.63. The molecule has 0 fully saturated rings. The first-order valence-corrected chi connectivity index (χ1v) is 5.31. The van der Waals surface area contributed by atoms with Gasteiger partial charge < -0.3 is 9.84 Å². The second-order valence-corrected chi connectivity index (χ2v) is 4.09. The highest BCUT2D eigenvalue weighted by atomic mass is 32.1. The van der Waals surface area contributed by atoms with E-state index in [9.17, 15) is 4.79 Å². The summed E-state index contributed by atoms with van der Waals surface area (Å²) in [6.07, 6.45) is 3.47. The number of carboxylic acid groups (broad SMARTS) is 1. The number of hydrogen-bond donors (Lipinski definition) is 1. The molecule has 1 heterocycles. The van der Waals surface area contributed by atoms with E-state index >= 15 is 0 Å². The standard InChI is InChI=1S/C10H13NO3S/c1-7-8(3-4-10(12)13)15-9(11-7)5-6-14-2/h3-4H,5-6H2,1-2H3,(H,12,13)/b4-3+. The Labute approximate surface area is 92.2 Å². The summed E-state index contributed by atoms with van der Waals surface area (Å²) in [6, 6.07) is 0. The molecule has 5 heteroatoms. The largest absolute Gasteiger partial charge is 0.478 e. The molecule has 0 aliphatic carbocycles. The van der Waals surface area contributed by atoms with Gasteiger partial charge in [-0.3, -0.25) is 0 Å². The van der Waals surface area contributed by atoms with Crippen molar-refractivity contribution in [3.05, 3.63) is 21.7 Å². The van der Waals surface area contributed by atoms with Crippen molar-refractivity contribution in [1.29, 1.82) is 0 Å². The molecule has 1 rings (SSSR count). The van der Waals surface area contributed by atoms with E-state index in [0.717, 1.165) is 28.1 Å². The molecule has 0 saturated carbocycles. The van der Waals surface area contributed by atoms with Gasteiger partial charge in [0.2, 0.25) is 0 Å². The Morgan fingerprint density at radius 3 is 3.00 bits per heavy atom. The van der Waals surface area contributed by atoms with Crippen molar-refractivity contribution in [2.45, 2.75) is 13.3 Å². The van der Waals surface area contributed by atoms with Gasteiger partial charge >= 0.3 is 5.97 Å². The number of methoxy groups -OCH3 is 1. The molecule has 4 nitrogen and oxygen atoms in total. The lowest BCUT2D eigenvalue weighted by Crippen LogP contribution is -1.93. The molecule has 0 saturated heterocycles. The van der Waals surface area contributed by atoms with Crippen LogP contribution in [-0.4, -0.2) is 29.8 Å². The average molecular weight is 227 g/mol. The van der Waals surface area contributed by atoms with Crippen LogP contribution in [0.4, 0.5) is 0 Å². The Morgan fingerprint density at radius 1 is 1.67 bits per heavy atom. The first-order valence-electron chi connectivity index (χ1n) is 4.49. The quantitative estimate of drug-likeness (QED) is 0.778. The van der Waals surface area contributed by atoms with Crippen molar-refractivity contribution in [2.24, 2.45) is 0 Å². The maximum Gasteiger partial charge on any atom is 0.328 e. The van der Waals surface area contributed by atoms with Crippen LogP contribution in [0.2, 0.25) is 0 Å². The van der Waals surface area contributed by atoms with Crippen molar-refractivity contribution in [3.8, 4) is 0 Å². The Morgan fingerprint density at radius 2 is 2.40 bits per heavy atom. The number of carbonyl (C=O) groups is 1. The summed E-state index contributed by atoms with van der Waals surface area (Å²) >= 11 is 1.50. The fourth-order valence-corrected chi connectivity index (χ4v) is 2.01. The molecule has 1 aromatic rings. The van der Waals surface area contributed by atoms with E-state index in [2.05, 4.69) is 4.98 Å². The van der Waals surface area contributed by atoms with Crippen LogP contribution >= 0.6 is 11.3 Å². The zero-order valence-corrected chi connectivity index (χ0v) is 9.50. The molecule has 0 radical (unpaired) electrons. The third-order valence-electron chi connectivity index (χ3n) is 1.77. The number of aliphatic carboxylic acids is 1. The summed E-state index contributed by atoms with van der Waals surface area (Å²) in [5, 5.41) is 9.46. The fourth-order valence-electron chi connectivity index (χ4n) is 1.06. The van der Waals surface area contributed by atoms with Crippen molar-refractivity contribution in [1.82, 2.24) is 4.98 Å². The molecular weight excluding hydrogens is 214 g/mol. The number of hydrogen-bond acceptors (Lipinski definition) is 4. The molecule has 0 amide bonds. The van der Waals surface area contributed by atoms with E-state index in [1.54, 1.807) is 13.2 Å². The van der Waals surface area contributed by atoms with Crippen LogP contribution in [0.15, 0.2) is 6.08 Å². The van der Waals surface area contributed by atoms with Crippen LogP contribution in [0.25, 0.3) is 6.08 Å². The molecule has 1 aromatic heterocycles. The van der Waals surface area contributed by atoms with Gasteiger partial charge in [0.05, 0.1) is 22.2 Å². The van der Waals surface area contributed by atoms with Crippen LogP contribution in [0.5, 0.6) is 0 Å². The summed E-state index contributed by atoms with van der Waals surface area (Å²) < 4.78 is 4.95. The molecule has 0 unspecified atom stereocenters. The smallest absolute Gasteiger partial charge is 0.328 e. The van der Waals surface area contributed by atoms with Crippen LogP contribution in [0.3, 0.4) is 0 Å². The minimum absolute atomic E-state index is 0.634. The van der Waals surface area contributed by atoms with Gasteiger partial charge in [0.25, 0.3) is 0 Å². The Hall–Kier alpha value is -1.20. The maximum atomic E-state index is 10.3. The van der Waals surface area contributed by atoms with Crippen molar-refractivity contribution in [2.75, 3.05) is 13.7 Å². The molecule has 0 bridgehead atoms. The molecule has 0 spiro atoms. The molecule has 0 atom stereocenters. The number of rotatable bonds is 5. The summed E-state index contributed by atoms with van der Waals surface area (Å²) in [6.45, 7) is 2.50. The second-order valence-electron chi connectivity index (χ2n) is 2.97. The molecule has 1 N–H and O–H groups in total. The van der Waals surface area contributed by atoms with Crippen LogP contribution < -0.4 is 0 Å². The Balaban J connectivity index is 2.72. The van der Waals surface area contributed by atoms with Gasteiger partial charge in [-0.25, -0.2) is 9.78 Å². The maximum absolute atomic E-state index is 10.3. The SMILES string of the molecule is COCCc1nc(C)c(/C=C/C(=O)O)s1. The molecule has 0 aliphatic heterocycles. The normalized spacial score (nSPS) is 11.1. The molecule has 15 heavy (non-hydrogen) atoms. The average Bonchev–Trinajstić information content (AvgIpc) is 2.53. The van der Waals surface area contributed by atoms with Crippen molar-refractivity contribution < 1.29 is 14.6 Å². The first-order chi connectivity index (χ1) is 7.13. The number of ether oxygens (including phenoxy) is 1. The zero-order chi connectivity index (χ0) is 11.3. The minimum Gasteiger partial charge on any atom is -0.478 e. The number of carboxylic acids is 1. The monoisotopic (exact) mass is 227 g/mol. The van der Waals surface area contributed by atoms with E-state index in [1.165, 1.54) is 11.3 Å². The lowest BCUT2D eigenvalue weighted by Gasteiger charge is -1.92. The highest BCUT2D eigenvalue weighted by Gasteiger charge is 2.04. The van der Waals surface area contributed by atoms with Gasteiger partial charge in [-0.15, -0.1) is 11.3 Å². The van der Waals surface area contributed by atoms with Gasteiger partial charge in [-0.2, -0.15) is 0 Å².